The van der Waals surface area contributed by atoms with Crippen molar-refractivity contribution in [1.82, 2.24) is 0 Å². The molecule has 0 aromatic rings. The first kappa shape index (κ1) is 26.8. The third-order valence-electron chi connectivity index (χ3n) is 11.7. The summed E-state index contributed by atoms with van der Waals surface area (Å²) in [6.45, 7) is 13.4. The highest BCUT2D eigenvalue weighted by atomic mass is 16.6. The summed E-state index contributed by atoms with van der Waals surface area (Å²) in [5, 5.41) is 53.9. The lowest BCUT2D eigenvalue weighted by Crippen LogP contribution is -2.55. The lowest BCUT2D eigenvalue weighted by molar-refractivity contribution is -0.189. The highest BCUT2D eigenvalue weighted by Crippen LogP contribution is 2.66. The molecule has 0 bridgehead atoms. The molecule has 4 fully saturated rings. The largest absolute Gasteiger partial charge is 0.390 e. The van der Waals surface area contributed by atoms with Gasteiger partial charge in [-0.3, -0.25) is 0 Å². The van der Waals surface area contributed by atoms with Gasteiger partial charge in [0, 0.05) is 5.92 Å². The first-order valence-electron chi connectivity index (χ1n) is 13.8. The molecule has 1 aliphatic heterocycles. The molecule has 0 spiro atoms. The average Bonchev–Trinajstić information content (AvgIpc) is 3.09. The molecule has 4 aliphatic rings. The first-order valence-corrected chi connectivity index (χ1v) is 13.8. The lowest BCUT2D eigenvalue weighted by Gasteiger charge is -2.57. The maximum atomic E-state index is 11.2. The molecule has 6 nitrogen and oxygen atoms in total. The van der Waals surface area contributed by atoms with Gasteiger partial charge in [-0.05, 0) is 90.8 Å². The standard InChI is InChI=1S/C28H50O6/c1-14(2)15(3)24(31)25(32)16(4)18-7-8-19-17-13-34-26(33)21-11-22(29)23(30)12-28(21,6)20(17)9-10-27(18,19)5/h14-26,29-33H,7-13H2,1-6H3/t15-,16-,17-,18+,19-,20-,21+,22-,23+,24+,25+,26-,27+,28+/m0/s1. The predicted octanol–water partition coefficient (Wildman–Crippen LogP) is 3.18. The minimum absolute atomic E-state index is 0.00928. The van der Waals surface area contributed by atoms with E-state index in [1.807, 2.05) is 6.92 Å². The molecule has 0 amide bonds. The van der Waals surface area contributed by atoms with E-state index in [4.69, 9.17) is 4.74 Å². The molecule has 3 saturated carbocycles. The molecular formula is C28H50O6. The van der Waals surface area contributed by atoms with Gasteiger partial charge in [0.2, 0.25) is 0 Å². The molecule has 3 aliphatic carbocycles. The maximum absolute atomic E-state index is 11.2. The summed E-state index contributed by atoms with van der Waals surface area (Å²) in [7, 11) is 0. The third kappa shape index (κ3) is 4.18. The van der Waals surface area contributed by atoms with Crippen molar-refractivity contribution < 1.29 is 30.3 Å². The molecule has 1 heterocycles. The van der Waals surface area contributed by atoms with Crippen molar-refractivity contribution in [2.75, 3.05) is 6.61 Å². The van der Waals surface area contributed by atoms with Crippen molar-refractivity contribution in [1.29, 1.82) is 0 Å². The van der Waals surface area contributed by atoms with Crippen LogP contribution in [-0.2, 0) is 4.74 Å². The van der Waals surface area contributed by atoms with E-state index in [0.717, 1.165) is 25.7 Å². The quantitative estimate of drug-likeness (QED) is 0.412. The van der Waals surface area contributed by atoms with E-state index in [9.17, 15) is 25.5 Å². The van der Waals surface area contributed by atoms with Gasteiger partial charge in [-0.15, -0.1) is 0 Å². The number of hydrogen-bond acceptors (Lipinski definition) is 6. The van der Waals surface area contributed by atoms with E-state index in [0.29, 0.717) is 49.0 Å². The number of rotatable bonds is 5. The van der Waals surface area contributed by atoms with Gasteiger partial charge in [-0.1, -0.05) is 41.5 Å². The van der Waals surface area contributed by atoms with Gasteiger partial charge >= 0.3 is 0 Å². The summed E-state index contributed by atoms with van der Waals surface area (Å²) < 4.78 is 6.06. The number of fused-ring (bicyclic) bond motifs is 5. The monoisotopic (exact) mass is 482 g/mol. The highest BCUT2D eigenvalue weighted by Gasteiger charge is 2.62. The van der Waals surface area contributed by atoms with Crippen LogP contribution in [0.2, 0.25) is 0 Å². The van der Waals surface area contributed by atoms with Gasteiger partial charge in [0.25, 0.3) is 0 Å². The summed E-state index contributed by atoms with van der Waals surface area (Å²) in [4.78, 5) is 0. The molecule has 0 aromatic heterocycles. The van der Waals surface area contributed by atoms with Gasteiger partial charge in [0.05, 0.1) is 31.0 Å². The van der Waals surface area contributed by atoms with Gasteiger partial charge in [-0.2, -0.15) is 0 Å². The predicted molar refractivity (Wildman–Crippen MR) is 131 cm³/mol. The van der Waals surface area contributed by atoms with Crippen LogP contribution in [0.5, 0.6) is 0 Å². The van der Waals surface area contributed by atoms with Crippen molar-refractivity contribution >= 4 is 0 Å². The van der Waals surface area contributed by atoms with Crippen molar-refractivity contribution in [2.45, 2.75) is 111 Å². The van der Waals surface area contributed by atoms with E-state index in [-0.39, 0.29) is 28.6 Å². The summed E-state index contributed by atoms with van der Waals surface area (Å²) in [5.41, 5.74) is -0.216. The molecule has 1 saturated heterocycles. The van der Waals surface area contributed by atoms with E-state index in [2.05, 4.69) is 34.6 Å². The molecule has 34 heavy (non-hydrogen) atoms. The Labute approximate surface area is 206 Å². The van der Waals surface area contributed by atoms with Crippen molar-refractivity contribution in [3.8, 4) is 0 Å². The van der Waals surface area contributed by atoms with E-state index >= 15 is 0 Å². The van der Waals surface area contributed by atoms with Crippen LogP contribution in [0.4, 0.5) is 0 Å². The normalized spacial score (nSPS) is 50.5. The van der Waals surface area contributed by atoms with E-state index in [1.165, 1.54) is 0 Å². The maximum Gasteiger partial charge on any atom is 0.157 e. The molecule has 6 heteroatoms. The molecule has 14 atom stereocenters. The minimum Gasteiger partial charge on any atom is -0.390 e. The van der Waals surface area contributed by atoms with Crippen LogP contribution in [0.3, 0.4) is 0 Å². The van der Waals surface area contributed by atoms with Gasteiger partial charge in [0.15, 0.2) is 6.29 Å². The number of aliphatic hydroxyl groups excluding tert-OH is 5. The highest BCUT2D eigenvalue weighted by molar-refractivity contribution is 5.10. The van der Waals surface area contributed by atoms with Gasteiger partial charge in [0.1, 0.15) is 0 Å². The molecule has 0 radical (unpaired) electrons. The summed E-state index contributed by atoms with van der Waals surface area (Å²) >= 11 is 0. The Balaban J connectivity index is 1.57. The van der Waals surface area contributed by atoms with Gasteiger partial charge in [-0.25, -0.2) is 0 Å². The SMILES string of the molecule is CC(C)[C@H](C)[C@@H](O)[C@H](O)[C@@H](C)[C@H]1CC[C@H]2[C@@H]3CO[C@H](O)[C@H]4C[C@H](O)[C@H](O)C[C@]4(C)[C@H]3CC[C@]12C. The fraction of sp³-hybridized carbons (Fsp3) is 1.00. The fourth-order valence-corrected chi connectivity index (χ4v) is 9.12. The third-order valence-corrected chi connectivity index (χ3v) is 11.7. The van der Waals surface area contributed by atoms with Crippen molar-refractivity contribution in [3.05, 3.63) is 0 Å². The summed E-state index contributed by atoms with van der Waals surface area (Å²) in [6, 6.07) is 0. The van der Waals surface area contributed by atoms with Crippen LogP contribution in [0, 0.1) is 58.2 Å². The zero-order valence-corrected chi connectivity index (χ0v) is 22.1. The minimum atomic E-state index is -0.908. The molecule has 0 aromatic carbocycles. The smallest absolute Gasteiger partial charge is 0.157 e. The zero-order chi connectivity index (χ0) is 25.2. The van der Waals surface area contributed by atoms with Crippen molar-refractivity contribution in [2.24, 2.45) is 58.2 Å². The van der Waals surface area contributed by atoms with Crippen LogP contribution in [0.1, 0.15) is 80.1 Å². The lowest BCUT2D eigenvalue weighted by atomic mass is 9.48. The molecule has 198 valence electrons. The van der Waals surface area contributed by atoms with Crippen LogP contribution < -0.4 is 0 Å². The summed E-state index contributed by atoms with van der Waals surface area (Å²) in [5.74, 6) is 1.58. The number of hydrogen-bond donors (Lipinski definition) is 5. The fourth-order valence-electron chi connectivity index (χ4n) is 9.12. The topological polar surface area (TPSA) is 110 Å². The number of ether oxygens (including phenoxy) is 1. The average molecular weight is 483 g/mol. The zero-order valence-electron chi connectivity index (χ0n) is 22.1. The van der Waals surface area contributed by atoms with Crippen molar-refractivity contribution in [3.63, 3.8) is 0 Å². The molecule has 5 N–H and O–H groups in total. The second-order valence-electron chi connectivity index (χ2n) is 13.5. The Kier molecular flexibility index (Phi) is 7.55. The second kappa shape index (κ2) is 9.57. The second-order valence-corrected chi connectivity index (χ2v) is 13.5. The van der Waals surface area contributed by atoms with Crippen LogP contribution in [-0.4, -0.2) is 62.8 Å². The van der Waals surface area contributed by atoms with Crippen LogP contribution in [0.25, 0.3) is 0 Å². The Bertz CT molecular complexity index is 715. The first-order chi connectivity index (χ1) is 15.8. The molecule has 4 rings (SSSR count). The molecule has 0 unspecified atom stereocenters. The summed E-state index contributed by atoms with van der Waals surface area (Å²) in [6.07, 6.45) is 1.12. The Morgan fingerprint density at radius 2 is 1.44 bits per heavy atom. The van der Waals surface area contributed by atoms with E-state index in [1.54, 1.807) is 0 Å². The number of aliphatic hydroxyl groups is 5. The Morgan fingerprint density at radius 1 is 0.794 bits per heavy atom. The van der Waals surface area contributed by atoms with Crippen LogP contribution in [0.15, 0.2) is 0 Å². The Morgan fingerprint density at radius 3 is 2.09 bits per heavy atom. The van der Waals surface area contributed by atoms with Crippen LogP contribution >= 0.6 is 0 Å². The van der Waals surface area contributed by atoms with Gasteiger partial charge < -0.3 is 30.3 Å². The Hall–Kier alpha value is -0.240. The molecular weight excluding hydrogens is 432 g/mol. The van der Waals surface area contributed by atoms with E-state index < -0.39 is 30.7 Å².